The van der Waals surface area contributed by atoms with Gasteiger partial charge < -0.3 is 25.2 Å². The van der Waals surface area contributed by atoms with Crippen LogP contribution in [-0.4, -0.2) is 48.7 Å². The Morgan fingerprint density at radius 2 is 1.74 bits per heavy atom. The van der Waals surface area contributed by atoms with Gasteiger partial charge in [-0.05, 0) is 92.0 Å². The van der Waals surface area contributed by atoms with E-state index in [4.69, 9.17) is 9.47 Å². The van der Waals surface area contributed by atoms with E-state index >= 15 is 0 Å². The highest BCUT2D eigenvalue weighted by Gasteiger charge is 2.44. The van der Waals surface area contributed by atoms with Crippen LogP contribution in [0.4, 0.5) is 0 Å². The largest absolute Gasteiger partial charge is 0.494 e. The van der Waals surface area contributed by atoms with Gasteiger partial charge in [-0.1, -0.05) is 50.2 Å². The fraction of sp³-hybridized carbons (Fsp3) is 0.429. The lowest BCUT2D eigenvalue weighted by Gasteiger charge is -2.28. The Labute approximate surface area is 248 Å². The van der Waals surface area contributed by atoms with Crippen LogP contribution in [0.1, 0.15) is 89.8 Å². The maximum atomic E-state index is 13.6. The molecule has 3 N–H and O–H groups in total. The van der Waals surface area contributed by atoms with Gasteiger partial charge in [-0.2, -0.15) is 0 Å². The van der Waals surface area contributed by atoms with Crippen LogP contribution in [0.5, 0.6) is 11.5 Å². The number of aliphatic hydroxyl groups is 1. The number of benzene rings is 3. The van der Waals surface area contributed by atoms with Crippen LogP contribution in [0.2, 0.25) is 0 Å². The van der Waals surface area contributed by atoms with Gasteiger partial charge in [0.1, 0.15) is 11.5 Å². The third-order valence-electron chi connectivity index (χ3n) is 8.29. The van der Waals surface area contributed by atoms with Crippen LogP contribution >= 0.6 is 0 Å². The Kier molecular flexibility index (Phi) is 9.29. The fourth-order valence-electron chi connectivity index (χ4n) is 5.48. The second-order valence-electron chi connectivity index (χ2n) is 11.9. The number of nitrogens with one attached hydrogen (secondary N) is 2. The van der Waals surface area contributed by atoms with Crippen molar-refractivity contribution in [1.29, 1.82) is 0 Å². The molecule has 1 aliphatic heterocycles. The zero-order valence-corrected chi connectivity index (χ0v) is 24.8. The molecule has 1 saturated carbocycles. The summed E-state index contributed by atoms with van der Waals surface area (Å²) in [6.45, 7) is 7.17. The highest BCUT2D eigenvalue weighted by atomic mass is 16.5. The molecule has 1 amide bonds. The minimum Gasteiger partial charge on any atom is -0.494 e. The van der Waals surface area contributed by atoms with Crippen LogP contribution in [0.15, 0.2) is 66.7 Å². The molecule has 0 unspecified atom stereocenters. The molecule has 1 fully saturated rings. The Hall–Kier alpha value is -3.68. The van der Waals surface area contributed by atoms with E-state index in [2.05, 4.69) is 48.7 Å². The van der Waals surface area contributed by atoms with Gasteiger partial charge in [-0.15, -0.1) is 0 Å². The van der Waals surface area contributed by atoms with Crippen LogP contribution < -0.4 is 20.1 Å². The van der Waals surface area contributed by atoms with Gasteiger partial charge in [0.25, 0.3) is 5.91 Å². The zero-order chi connectivity index (χ0) is 29.7. The molecular formula is C35H42N2O5. The van der Waals surface area contributed by atoms with Crippen molar-refractivity contribution in [2.45, 2.75) is 76.5 Å². The van der Waals surface area contributed by atoms with Crippen molar-refractivity contribution < 1.29 is 24.2 Å². The summed E-state index contributed by atoms with van der Waals surface area (Å²) in [5.74, 6) is 1.16. The predicted molar refractivity (Wildman–Crippen MR) is 164 cm³/mol. The normalized spacial score (nSPS) is 19.3. The van der Waals surface area contributed by atoms with E-state index in [1.54, 1.807) is 18.2 Å². The summed E-state index contributed by atoms with van der Waals surface area (Å²) < 4.78 is 11.9. The maximum Gasteiger partial charge on any atom is 0.251 e. The molecule has 5 rings (SSSR count). The SMILES string of the molecule is CC(=O)c1cc2cc(c1)C(=O)N[C@@H]([C@@H](O)CNC1(c3cccc(C(C)C)c3)CC1)Cc1cccc(c1)OCCCCO2. The first kappa shape index (κ1) is 29.8. The van der Waals surface area contributed by atoms with Gasteiger partial charge in [-0.3, -0.25) is 9.59 Å². The van der Waals surface area contributed by atoms with Crippen molar-refractivity contribution in [2.75, 3.05) is 19.8 Å². The minimum absolute atomic E-state index is 0.147. The molecule has 3 aromatic carbocycles. The van der Waals surface area contributed by atoms with E-state index in [-0.39, 0.29) is 17.2 Å². The number of Topliss-reactive ketones (excluding diaryl/α,β-unsaturated/α-hetero) is 1. The van der Waals surface area contributed by atoms with E-state index in [9.17, 15) is 14.7 Å². The molecule has 0 spiro atoms. The third kappa shape index (κ3) is 7.39. The van der Waals surface area contributed by atoms with Crippen molar-refractivity contribution >= 4 is 11.7 Å². The Bertz CT molecular complexity index is 1410. The van der Waals surface area contributed by atoms with Crippen molar-refractivity contribution in [3.63, 3.8) is 0 Å². The quantitative estimate of drug-likeness (QED) is 0.323. The summed E-state index contributed by atoms with van der Waals surface area (Å²) in [5.41, 5.74) is 4.06. The van der Waals surface area contributed by atoms with E-state index in [0.29, 0.717) is 49.0 Å². The first-order chi connectivity index (χ1) is 20.2. The highest BCUT2D eigenvalue weighted by molar-refractivity contribution is 6.00. The monoisotopic (exact) mass is 570 g/mol. The second kappa shape index (κ2) is 13.1. The van der Waals surface area contributed by atoms with Crippen molar-refractivity contribution in [1.82, 2.24) is 10.6 Å². The molecular weight excluding hydrogens is 528 g/mol. The number of carbonyl (C=O) groups is 2. The summed E-state index contributed by atoms with van der Waals surface area (Å²) in [5, 5.41) is 18.2. The van der Waals surface area contributed by atoms with Crippen LogP contribution in [0.3, 0.4) is 0 Å². The lowest BCUT2D eigenvalue weighted by Crippen LogP contribution is -2.50. The first-order valence-corrected chi connectivity index (χ1v) is 15.1. The van der Waals surface area contributed by atoms with Crippen LogP contribution in [0.25, 0.3) is 0 Å². The van der Waals surface area contributed by atoms with Gasteiger partial charge in [0.15, 0.2) is 5.78 Å². The van der Waals surface area contributed by atoms with E-state index in [1.807, 2.05) is 24.3 Å². The van der Waals surface area contributed by atoms with E-state index in [1.165, 1.54) is 18.1 Å². The third-order valence-corrected chi connectivity index (χ3v) is 8.29. The summed E-state index contributed by atoms with van der Waals surface area (Å²) in [6.07, 6.45) is 3.12. The van der Waals surface area contributed by atoms with Crippen molar-refractivity contribution in [2.24, 2.45) is 0 Å². The first-order valence-electron chi connectivity index (χ1n) is 15.1. The zero-order valence-electron chi connectivity index (χ0n) is 24.8. The number of amides is 1. The maximum absolute atomic E-state index is 13.6. The number of hydrogen-bond acceptors (Lipinski definition) is 6. The van der Waals surface area contributed by atoms with Gasteiger partial charge in [-0.25, -0.2) is 0 Å². The molecule has 1 aliphatic carbocycles. The molecule has 42 heavy (non-hydrogen) atoms. The van der Waals surface area contributed by atoms with Crippen molar-refractivity contribution in [3.05, 3.63) is 94.5 Å². The number of fused-ring (bicyclic) bond motifs is 4. The topological polar surface area (TPSA) is 96.9 Å². The van der Waals surface area contributed by atoms with E-state index < -0.39 is 12.1 Å². The average molecular weight is 571 g/mol. The van der Waals surface area contributed by atoms with Gasteiger partial charge in [0, 0.05) is 23.2 Å². The molecule has 2 atom stereocenters. The highest BCUT2D eigenvalue weighted by Crippen LogP contribution is 2.46. The molecule has 7 nitrogen and oxygen atoms in total. The molecule has 7 heteroatoms. The molecule has 1 heterocycles. The summed E-state index contributed by atoms with van der Waals surface area (Å²) in [4.78, 5) is 25.8. The lowest BCUT2D eigenvalue weighted by atomic mass is 9.95. The summed E-state index contributed by atoms with van der Waals surface area (Å²) in [7, 11) is 0. The van der Waals surface area contributed by atoms with Crippen LogP contribution in [-0.2, 0) is 12.0 Å². The number of carbonyl (C=O) groups excluding carboxylic acids is 2. The fourth-order valence-corrected chi connectivity index (χ4v) is 5.48. The van der Waals surface area contributed by atoms with Crippen molar-refractivity contribution in [3.8, 4) is 11.5 Å². The number of aliphatic hydroxyl groups excluding tert-OH is 1. The van der Waals surface area contributed by atoms with Gasteiger partial charge in [0.2, 0.25) is 0 Å². The van der Waals surface area contributed by atoms with Gasteiger partial charge >= 0.3 is 0 Å². The molecule has 0 aromatic heterocycles. The molecule has 222 valence electrons. The number of hydrogen-bond donors (Lipinski definition) is 3. The number of rotatable bonds is 7. The molecule has 0 radical (unpaired) electrons. The van der Waals surface area contributed by atoms with E-state index in [0.717, 1.165) is 37.0 Å². The predicted octanol–water partition coefficient (Wildman–Crippen LogP) is 5.54. The van der Waals surface area contributed by atoms with Gasteiger partial charge in [0.05, 0.1) is 25.4 Å². The molecule has 3 aromatic rings. The Balaban J connectivity index is 1.39. The average Bonchev–Trinajstić information content (AvgIpc) is 3.78. The Morgan fingerprint density at radius 1 is 1.00 bits per heavy atom. The van der Waals surface area contributed by atoms with Crippen LogP contribution in [0, 0.1) is 0 Å². The summed E-state index contributed by atoms with van der Waals surface area (Å²) in [6, 6.07) is 20.8. The molecule has 4 bridgehead atoms. The lowest BCUT2D eigenvalue weighted by molar-refractivity contribution is 0.0821. The number of ether oxygens (including phenoxy) is 2. The standard InChI is InChI=1S/C35H42N2O5/c1-23(2)26-9-7-10-29(19-26)35(12-13-35)36-22-33(39)32-17-25-8-6-11-30(16-25)41-14-4-5-15-42-31-20-27(24(3)38)18-28(21-31)34(40)37-32/h6-11,16,18-21,23,32-33,36,39H,4-5,12-15,17,22H2,1-3H3,(H,37,40)/t32-,33+/m1/s1. The number of ketones is 1. The smallest absolute Gasteiger partial charge is 0.251 e. The second-order valence-corrected chi connectivity index (χ2v) is 11.9. The Morgan fingerprint density at radius 3 is 2.45 bits per heavy atom. The molecule has 0 saturated heterocycles. The molecule has 2 aliphatic rings. The summed E-state index contributed by atoms with van der Waals surface area (Å²) >= 11 is 0. The minimum atomic E-state index is -0.866.